The summed E-state index contributed by atoms with van der Waals surface area (Å²) in [5.74, 6) is -26.5. The van der Waals surface area contributed by atoms with Crippen LogP contribution in [0.25, 0.3) is 0 Å². The highest BCUT2D eigenvalue weighted by molar-refractivity contribution is 7.89. The van der Waals surface area contributed by atoms with Crippen molar-refractivity contribution in [3.05, 3.63) is 11.0 Å². The first-order valence-corrected chi connectivity index (χ1v) is 6.03. The summed E-state index contributed by atoms with van der Waals surface area (Å²) in [7, 11) is -6.41. The number of halogens is 12. The Morgan fingerprint density at radius 1 is 0.826 bits per heavy atom. The minimum Gasteiger partial charge on any atom is -0.280 e. The standard InChI is InChI=1S/C7H2F12O3S/c8-1(3(10)23(20,21)22)2(9)4(11,12)5(13,14)6(15,16)7(17,18)19/h2H,(H,20,21,22)/b3-1-. The Hall–Kier alpha value is -1.19. The van der Waals surface area contributed by atoms with Gasteiger partial charge in [0.15, 0.2) is 5.83 Å². The maximum Gasteiger partial charge on any atom is 0.460 e. The summed E-state index contributed by atoms with van der Waals surface area (Å²) in [6.07, 6.45) is -12.9. The quantitative estimate of drug-likeness (QED) is 0.571. The van der Waals surface area contributed by atoms with Crippen molar-refractivity contribution in [2.24, 2.45) is 0 Å². The highest BCUT2D eigenvalue weighted by atomic mass is 32.2. The average molecular weight is 394 g/mol. The number of allylic oxidation sites excluding steroid dienone is 1. The minimum atomic E-state index is -7.64. The van der Waals surface area contributed by atoms with Gasteiger partial charge in [-0.25, -0.2) is 8.78 Å². The summed E-state index contributed by atoms with van der Waals surface area (Å²) in [5, 5.41) is -3.81. The normalized spacial score (nSPS) is 17.8. The Bertz CT molecular complexity index is 588. The molecule has 0 fully saturated rings. The SMILES string of the molecule is O=S(=O)(O)/C(F)=C(\F)C(F)C(F)(F)C(F)(F)C(F)(F)C(F)(F)F. The van der Waals surface area contributed by atoms with Crippen LogP contribution in [0.5, 0.6) is 0 Å². The minimum absolute atomic E-state index is 3.81. The molecule has 0 saturated heterocycles. The third kappa shape index (κ3) is 3.51. The van der Waals surface area contributed by atoms with E-state index in [2.05, 4.69) is 0 Å². The second-order valence-corrected chi connectivity index (χ2v) is 5.04. The van der Waals surface area contributed by atoms with Crippen LogP contribution < -0.4 is 0 Å². The molecule has 0 aliphatic heterocycles. The van der Waals surface area contributed by atoms with Gasteiger partial charge in [0.05, 0.1) is 0 Å². The molecule has 0 aromatic heterocycles. The Balaban J connectivity index is 6.19. The maximum atomic E-state index is 12.8. The molecule has 0 amide bonds. The molecule has 1 unspecified atom stereocenters. The molecular weight excluding hydrogens is 392 g/mol. The molecule has 16 heteroatoms. The van der Waals surface area contributed by atoms with Crippen molar-refractivity contribution in [2.75, 3.05) is 0 Å². The molecule has 0 aliphatic rings. The molecule has 0 aromatic rings. The Morgan fingerprint density at radius 3 is 1.43 bits per heavy atom. The van der Waals surface area contributed by atoms with Crippen molar-refractivity contribution in [1.82, 2.24) is 0 Å². The molecule has 0 aliphatic carbocycles. The highest BCUT2D eigenvalue weighted by Gasteiger charge is 2.84. The van der Waals surface area contributed by atoms with E-state index in [9.17, 15) is 61.1 Å². The van der Waals surface area contributed by atoms with E-state index in [0.29, 0.717) is 0 Å². The lowest BCUT2D eigenvalue weighted by Gasteiger charge is -2.34. The van der Waals surface area contributed by atoms with Crippen LogP contribution in [0.4, 0.5) is 52.7 Å². The largest absolute Gasteiger partial charge is 0.460 e. The Kier molecular flexibility index (Phi) is 5.42. The first kappa shape index (κ1) is 21.8. The van der Waals surface area contributed by atoms with Crippen molar-refractivity contribution in [2.45, 2.75) is 30.1 Å². The predicted octanol–water partition coefficient (Wildman–Crippen LogP) is 3.79. The molecule has 0 spiro atoms. The van der Waals surface area contributed by atoms with Crippen LogP contribution in [0.2, 0.25) is 0 Å². The molecular formula is C7H2F12O3S. The smallest absolute Gasteiger partial charge is 0.280 e. The van der Waals surface area contributed by atoms with Crippen LogP contribution in [-0.4, -0.2) is 43.1 Å². The number of rotatable bonds is 5. The van der Waals surface area contributed by atoms with Gasteiger partial charge in [-0.15, -0.1) is 0 Å². The van der Waals surface area contributed by atoms with Gasteiger partial charge in [0.2, 0.25) is 6.17 Å². The van der Waals surface area contributed by atoms with E-state index in [1.54, 1.807) is 0 Å². The number of hydrogen-bond acceptors (Lipinski definition) is 2. The molecule has 0 aromatic carbocycles. The topological polar surface area (TPSA) is 54.4 Å². The van der Waals surface area contributed by atoms with Crippen molar-refractivity contribution >= 4 is 10.1 Å². The number of hydrogen-bond donors (Lipinski definition) is 1. The maximum absolute atomic E-state index is 12.8. The van der Waals surface area contributed by atoms with Gasteiger partial charge in [0.25, 0.3) is 5.16 Å². The first-order chi connectivity index (χ1) is 9.73. The first-order valence-electron chi connectivity index (χ1n) is 4.59. The molecule has 1 N–H and O–H groups in total. The molecule has 0 heterocycles. The fourth-order valence-electron chi connectivity index (χ4n) is 0.928. The highest BCUT2D eigenvalue weighted by Crippen LogP contribution is 2.55. The molecule has 0 saturated carbocycles. The number of alkyl halides is 10. The van der Waals surface area contributed by atoms with Gasteiger partial charge in [-0.2, -0.15) is 52.3 Å². The van der Waals surface area contributed by atoms with Crippen LogP contribution in [-0.2, 0) is 10.1 Å². The van der Waals surface area contributed by atoms with E-state index in [1.165, 1.54) is 0 Å². The fourth-order valence-corrected chi connectivity index (χ4v) is 1.28. The van der Waals surface area contributed by atoms with Crippen LogP contribution in [0.1, 0.15) is 0 Å². The van der Waals surface area contributed by atoms with Gasteiger partial charge in [-0.1, -0.05) is 0 Å². The van der Waals surface area contributed by atoms with E-state index < -0.39 is 51.2 Å². The summed E-state index contributed by atoms with van der Waals surface area (Å²) in [6.45, 7) is 0. The summed E-state index contributed by atoms with van der Waals surface area (Å²) >= 11 is 0. The van der Waals surface area contributed by atoms with Gasteiger partial charge in [0, 0.05) is 0 Å². The zero-order valence-electron chi connectivity index (χ0n) is 9.78. The van der Waals surface area contributed by atoms with Crippen LogP contribution >= 0.6 is 0 Å². The summed E-state index contributed by atoms with van der Waals surface area (Å²) in [5.41, 5.74) is 0. The summed E-state index contributed by atoms with van der Waals surface area (Å²) in [4.78, 5) is 0. The van der Waals surface area contributed by atoms with Crippen LogP contribution in [0.3, 0.4) is 0 Å². The van der Waals surface area contributed by atoms with Crippen LogP contribution in [0.15, 0.2) is 11.0 Å². The van der Waals surface area contributed by atoms with Crippen molar-refractivity contribution in [1.29, 1.82) is 0 Å². The summed E-state index contributed by atoms with van der Waals surface area (Å²) < 4.78 is 176. The Morgan fingerprint density at radius 2 is 1.17 bits per heavy atom. The molecule has 138 valence electrons. The second-order valence-electron chi connectivity index (χ2n) is 3.73. The van der Waals surface area contributed by atoms with Gasteiger partial charge in [0.1, 0.15) is 0 Å². The lowest BCUT2D eigenvalue weighted by Crippen LogP contribution is -2.63. The molecule has 0 radical (unpaired) electrons. The fraction of sp³-hybridized carbons (Fsp3) is 0.714. The third-order valence-electron chi connectivity index (χ3n) is 2.12. The van der Waals surface area contributed by atoms with Crippen LogP contribution in [0, 0.1) is 0 Å². The predicted molar refractivity (Wildman–Crippen MR) is 46.6 cm³/mol. The van der Waals surface area contributed by atoms with E-state index in [1.807, 2.05) is 0 Å². The van der Waals surface area contributed by atoms with Crippen molar-refractivity contribution in [3.63, 3.8) is 0 Å². The van der Waals surface area contributed by atoms with Gasteiger partial charge in [-0.05, 0) is 0 Å². The van der Waals surface area contributed by atoms with Gasteiger partial charge >= 0.3 is 34.1 Å². The molecule has 23 heavy (non-hydrogen) atoms. The summed E-state index contributed by atoms with van der Waals surface area (Å²) in [6, 6.07) is 0. The second kappa shape index (κ2) is 5.71. The lowest BCUT2D eigenvalue weighted by atomic mass is 9.99. The van der Waals surface area contributed by atoms with E-state index >= 15 is 0 Å². The van der Waals surface area contributed by atoms with E-state index in [-0.39, 0.29) is 0 Å². The zero-order chi connectivity index (χ0) is 19.2. The third-order valence-corrected chi connectivity index (χ3v) is 2.77. The average Bonchev–Trinajstić information content (AvgIpc) is 2.32. The van der Waals surface area contributed by atoms with Crippen molar-refractivity contribution < 1.29 is 65.7 Å². The van der Waals surface area contributed by atoms with Gasteiger partial charge < -0.3 is 0 Å². The molecule has 0 rings (SSSR count). The lowest BCUT2D eigenvalue weighted by molar-refractivity contribution is -0.401. The molecule has 0 bridgehead atoms. The molecule has 1 atom stereocenters. The zero-order valence-corrected chi connectivity index (χ0v) is 10.6. The molecule has 3 nitrogen and oxygen atoms in total. The Labute approximate surface area is 118 Å². The van der Waals surface area contributed by atoms with E-state index in [0.717, 1.165) is 0 Å². The van der Waals surface area contributed by atoms with E-state index in [4.69, 9.17) is 4.55 Å². The monoisotopic (exact) mass is 394 g/mol. The van der Waals surface area contributed by atoms with Gasteiger partial charge in [-0.3, -0.25) is 4.55 Å². The van der Waals surface area contributed by atoms with Crippen molar-refractivity contribution in [3.8, 4) is 0 Å².